The third kappa shape index (κ3) is 4.46. The molecule has 1 aliphatic heterocycles. The molecule has 0 aromatic rings. The van der Waals surface area contributed by atoms with Crippen molar-refractivity contribution in [1.82, 2.24) is 15.5 Å². The van der Waals surface area contributed by atoms with E-state index in [1.165, 1.54) is 0 Å². The molecule has 0 aromatic carbocycles. The van der Waals surface area contributed by atoms with Gasteiger partial charge < -0.3 is 15.5 Å². The Kier molecular flexibility index (Phi) is 6.97. The molecular weight excluding hydrogens is 252 g/mol. The average molecular weight is 280 g/mol. The minimum atomic E-state index is -0.393. The van der Waals surface area contributed by atoms with Crippen LogP contribution in [-0.4, -0.2) is 50.1 Å². The second kappa shape index (κ2) is 8.23. The monoisotopic (exact) mass is 280 g/mol. The Labute approximate surface area is 122 Å². The molecule has 1 aliphatic rings. The molecule has 0 radical (unpaired) electrons. The van der Waals surface area contributed by atoms with E-state index < -0.39 is 5.54 Å². The lowest BCUT2D eigenvalue weighted by atomic mass is 9.91. The van der Waals surface area contributed by atoms with Gasteiger partial charge in [-0.1, -0.05) is 6.92 Å². The Morgan fingerprint density at radius 1 is 1.50 bits per heavy atom. The molecule has 0 aromatic heterocycles. The van der Waals surface area contributed by atoms with Crippen LogP contribution in [-0.2, 0) is 4.79 Å². The van der Waals surface area contributed by atoms with Crippen LogP contribution in [0.3, 0.4) is 0 Å². The van der Waals surface area contributed by atoms with Crippen molar-refractivity contribution < 1.29 is 4.79 Å². The third-order valence-electron chi connectivity index (χ3n) is 4.50. The van der Waals surface area contributed by atoms with E-state index in [1.807, 2.05) is 14.0 Å². The standard InChI is InChI=1S/C15H28N4O/c1-4-15(12-16,18-3)8-6-10-19-9-5-7-13(11-19)14(20)17-2/h13,18H,4-11H2,1-3H3,(H,17,20). The van der Waals surface area contributed by atoms with Crippen LogP contribution in [0.4, 0.5) is 0 Å². The van der Waals surface area contributed by atoms with Gasteiger partial charge in [0.15, 0.2) is 0 Å². The van der Waals surface area contributed by atoms with E-state index in [-0.39, 0.29) is 11.8 Å². The number of likely N-dealkylation sites (tertiary alicyclic amines) is 1. The molecule has 2 unspecified atom stereocenters. The summed E-state index contributed by atoms with van der Waals surface area (Å²) in [6.07, 6.45) is 4.74. The number of piperidine rings is 1. The fraction of sp³-hybridized carbons (Fsp3) is 0.867. The molecule has 0 spiro atoms. The van der Waals surface area contributed by atoms with Crippen molar-refractivity contribution in [3.05, 3.63) is 0 Å². The summed E-state index contributed by atoms with van der Waals surface area (Å²) in [7, 11) is 3.56. The van der Waals surface area contributed by atoms with E-state index in [9.17, 15) is 10.1 Å². The number of hydrogen-bond acceptors (Lipinski definition) is 4. The first-order chi connectivity index (χ1) is 9.60. The first kappa shape index (κ1) is 16.9. The Morgan fingerprint density at radius 3 is 2.80 bits per heavy atom. The van der Waals surface area contributed by atoms with Crippen LogP contribution >= 0.6 is 0 Å². The molecule has 20 heavy (non-hydrogen) atoms. The summed E-state index contributed by atoms with van der Waals surface area (Å²) < 4.78 is 0. The number of carbonyl (C=O) groups excluding carboxylic acids is 1. The second-order valence-electron chi connectivity index (χ2n) is 5.66. The zero-order chi connectivity index (χ0) is 15.0. The molecule has 0 aliphatic carbocycles. The van der Waals surface area contributed by atoms with Gasteiger partial charge in [0.05, 0.1) is 12.0 Å². The Balaban J connectivity index is 2.38. The lowest BCUT2D eigenvalue weighted by Crippen LogP contribution is -2.44. The quantitative estimate of drug-likeness (QED) is 0.733. The molecule has 1 saturated heterocycles. The predicted molar refractivity (Wildman–Crippen MR) is 80.2 cm³/mol. The molecule has 2 N–H and O–H groups in total. The fourth-order valence-electron chi connectivity index (χ4n) is 2.95. The zero-order valence-electron chi connectivity index (χ0n) is 13.0. The number of nitrogens with zero attached hydrogens (tertiary/aromatic N) is 2. The fourth-order valence-corrected chi connectivity index (χ4v) is 2.95. The van der Waals surface area contributed by atoms with Crippen LogP contribution in [0.15, 0.2) is 0 Å². The topological polar surface area (TPSA) is 68.2 Å². The molecule has 1 rings (SSSR count). The third-order valence-corrected chi connectivity index (χ3v) is 4.50. The van der Waals surface area contributed by atoms with E-state index in [4.69, 9.17) is 0 Å². The van der Waals surface area contributed by atoms with Crippen molar-refractivity contribution in [3.63, 3.8) is 0 Å². The lowest BCUT2D eigenvalue weighted by Gasteiger charge is -2.32. The van der Waals surface area contributed by atoms with Gasteiger partial charge in [0.1, 0.15) is 5.54 Å². The Bertz CT molecular complexity index is 346. The van der Waals surface area contributed by atoms with Gasteiger partial charge in [-0.25, -0.2) is 0 Å². The van der Waals surface area contributed by atoms with Crippen LogP contribution < -0.4 is 10.6 Å². The largest absolute Gasteiger partial charge is 0.359 e. The highest BCUT2D eigenvalue weighted by Gasteiger charge is 2.27. The van der Waals surface area contributed by atoms with Gasteiger partial charge in [-0.3, -0.25) is 4.79 Å². The summed E-state index contributed by atoms with van der Waals surface area (Å²) in [4.78, 5) is 14.1. The van der Waals surface area contributed by atoms with E-state index in [1.54, 1.807) is 7.05 Å². The van der Waals surface area contributed by atoms with Crippen LogP contribution in [0, 0.1) is 17.2 Å². The highest BCUT2D eigenvalue weighted by molar-refractivity contribution is 5.78. The number of nitrogens with one attached hydrogen (secondary N) is 2. The number of hydrogen-bond donors (Lipinski definition) is 2. The maximum Gasteiger partial charge on any atom is 0.224 e. The van der Waals surface area contributed by atoms with Gasteiger partial charge in [-0.15, -0.1) is 0 Å². The molecule has 1 heterocycles. The Morgan fingerprint density at radius 2 is 2.25 bits per heavy atom. The molecule has 0 saturated carbocycles. The molecule has 5 heteroatoms. The van der Waals surface area contributed by atoms with E-state index >= 15 is 0 Å². The van der Waals surface area contributed by atoms with Gasteiger partial charge in [0, 0.05) is 13.6 Å². The molecule has 0 bridgehead atoms. The van der Waals surface area contributed by atoms with Gasteiger partial charge in [-0.05, 0) is 52.2 Å². The van der Waals surface area contributed by atoms with E-state index in [2.05, 4.69) is 21.6 Å². The van der Waals surface area contributed by atoms with Crippen molar-refractivity contribution in [2.45, 2.75) is 44.6 Å². The first-order valence-electron chi connectivity index (χ1n) is 7.65. The Hall–Kier alpha value is -1.12. The zero-order valence-corrected chi connectivity index (χ0v) is 13.0. The summed E-state index contributed by atoms with van der Waals surface area (Å²) in [5, 5.41) is 15.2. The second-order valence-corrected chi connectivity index (χ2v) is 5.66. The smallest absolute Gasteiger partial charge is 0.224 e. The highest BCUT2D eigenvalue weighted by atomic mass is 16.1. The van der Waals surface area contributed by atoms with Gasteiger partial charge in [0.2, 0.25) is 5.91 Å². The number of nitriles is 1. The minimum absolute atomic E-state index is 0.130. The minimum Gasteiger partial charge on any atom is -0.359 e. The van der Waals surface area contributed by atoms with Crippen LogP contribution in [0.1, 0.15) is 39.0 Å². The van der Waals surface area contributed by atoms with Gasteiger partial charge in [0.25, 0.3) is 0 Å². The summed E-state index contributed by atoms with van der Waals surface area (Å²) in [6, 6.07) is 2.40. The SMILES string of the molecule is CCC(C#N)(CCCN1CCCC(C(=O)NC)C1)NC. The number of rotatable bonds is 7. The van der Waals surface area contributed by atoms with Crippen molar-refractivity contribution in [1.29, 1.82) is 5.26 Å². The summed E-state index contributed by atoms with van der Waals surface area (Å²) in [6.45, 7) is 4.93. The molecule has 114 valence electrons. The molecule has 5 nitrogen and oxygen atoms in total. The normalized spacial score (nSPS) is 22.8. The number of amides is 1. The van der Waals surface area contributed by atoms with Crippen LogP contribution in [0.2, 0.25) is 0 Å². The maximum absolute atomic E-state index is 11.7. The summed E-state index contributed by atoms with van der Waals surface area (Å²) in [5.41, 5.74) is -0.393. The van der Waals surface area contributed by atoms with E-state index in [0.29, 0.717) is 0 Å². The van der Waals surface area contributed by atoms with Crippen molar-refractivity contribution >= 4 is 5.91 Å². The van der Waals surface area contributed by atoms with Gasteiger partial charge >= 0.3 is 0 Å². The summed E-state index contributed by atoms with van der Waals surface area (Å²) in [5.74, 6) is 0.287. The average Bonchev–Trinajstić information content (AvgIpc) is 2.51. The molecule has 2 atom stereocenters. The highest BCUT2D eigenvalue weighted by Crippen LogP contribution is 2.20. The first-order valence-corrected chi connectivity index (χ1v) is 7.65. The predicted octanol–water partition coefficient (Wildman–Crippen LogP) is 1.12. The van der Waals surface area contributed by atoms with Gasteiger partial charge in [-0.2, -0.15) is 5.26 Å². The van der Waals surface area contributed by atoms with E-state index in [0.717, 1.165) is 51.7 Å². The van der Waals surface area contributed by atoms with Crippen molar-refractivity contribution in [2.75, 3.05) is 33.7 Å². The lowest BCUT2D eigenvalue weighted by molar-refractivity contribution is -0.126. The molecular formula is C15H28N4O. The van der Waals surface area contributed by atoms with Crippen LogP contribution in [0.5, 0.6) is 0 Å². The summed E-state index contributed by atoms with van der Waals surface area (Å²) >= 11 is 0. The van der Waals surface area contributed by atoms with Crippen molar-refractivity contribution in [3.8, 4) is 6.07 Å². The molecule has 1 amide bonds. The van der Waals surface area contributed by atoms with Crippen molar-refractivity contribution in [2.24, 2.45) is 5.92 Å². The number of carbonyl (C=O) groups is 1. The van der Waals surface area contributed by atoms with Crippen LogP contribution in [0.25, 0.3) is 0 Å². The maximum atomic E-state index is 11.7. The molecule has 1 fully saturated rings.